The van der Waals surface area contributed by atoms with E-state index in [2.05, 4.69) is 15.3 Å². The molecule has 0 saturated heterocycles. The highest BCUT2D eigenvalue weighted by Crippen LogP contribution is 2.23. The van der Waals surface area contributed by atoms with E-state index in [0.29, 0.717) is 6.54 Å². The van der Waals surface area contributed by atoms with Crippen molar-refractivity contribution in [3.63, 3.8) is 0 Å². The minimum absolute atomic E-state index is 0.110. The molecule has 23 heavy (non-hydrogen) atoms. The first-order valence-corrected chi connectivity index (χ1v) is 7.49. The number of amides is 1. The third-order valence-electron chi connectivity index (χ3n) is 3.83. The lowest BCUT2D eigenvalue weighted by molar-refractivity contribution is -0.120. The van der Waals surface area contributed by atoms with Crippen LogP contribution in [-0.4, -0.2) is 15.9 Å². The van der Waals surface area contributed by atoms with Gasteiger partial charge >= 0.3 is 0 Å². The lowest BCUT2D eigenvalue weighted by atomic mass is 10.1. The Labute approximate surface area is 133 Å². The van der Waals surface area contributed by atoms with Crippen molar-refractivity contribution in [1.29, 1.82) is 0 Å². The van der Waals surface area contributed by atoms with E-state index in [1.807, 2.05) is 32.0 Å². The average Bonchev–Trinajstić information content (AvgIpc) is 2.81. The maximum atomic E-state index is 13.4. The number of H-pyrrole nitrogens is 1. The predicted molar refractivity (Wildman–Crippen MR) is 87.5 cm³/mol. The first-order valence-electron chi connectivity index (χ1n) is 7.49. The minimum atomic E-state index is -0.304. The number of aryl methyl sites for hydroxylation is 2. The van der Waals surface area contributed by atoms with Crippen LogP contribution in [0.2, 0.25) is 0 Å². The summed E-state index contributed by atoms with van der Waals surface area (Å²) in [5.74, 6) is -0.413. The average molecular weight is 311 g/mol. The SMILES string of the molecule is Cc1cccc(CNC(=O)Cc2c(C)[nH]c3ccc(F)cc23)n1. The second kappa shape index (κ2) is 6.20. The van der Waals surface area contributed by atoms with Crippen LogP contribution in [0.25, 0.3) is 10.9 Å². The molecule has 0 unspecified atom stereocenters. The summed E-state index contributed by atoms with van der Waals surface area (Å²) in [5, 5.41) is 3.62. The zero-order chi connectivity index (χ0) is 16.4. The fourth-order valence-electron chi connectivity index (χ4n) is 2.69. The van der Waals surface area contributed by atoms with Gasteiger partial charge in [-0.2, -0.15) is 0 Å². The first-order chi connectivity index (χ1) is 11.0. The van der Waals surface area contributed by atoms with Crippen LogP contribution in [0.4, 0.5) is 4.39 Å². The van der Waals surface area contributed by atoms with Gasteiger partial charge in [0.15, 0.2) is 0 Å². The van der Waals surface area contributed by atoms with Crippen molar-refractivity contribution in [3.8, 4) is 0 Å². The van der Waals surface area contributed by atoms with Gasteiger partial charge in [-0.25, -0.2) is 4.39 Å². The number of nitrogens with zero attached hydrogens (tertiary/aromatic N) is 1. The number of carbonyl (C=O) groups is 1. The summed E-state index contributed by atoms with van der Waals surface area (Å²) in [7, 11) is 0. The molecule has 4 nitrogen and oxygen atoms in total. The Hall–Kier alpha value is -2.69. The minimum Gasteiger partial charge on any atom is -0.358 e. The lowest BCUT2D eigenvalue weighted by Crippen LogP contribution is -2.25. The molecular formula is C18H18FN3O. The molecule has 1 aromatic carbocycles. The monoisotopic (exact) mass is 311 g/mol. The number of aromatic nitrogens is 2. The van der Waals surface area contributed by atoms with Crippen LogP contribution >= 0.6 is 0 Å². The standard InChI is InChI=1S/C18H18FN3O/c1-11-4-3-5-14(21-11)10-20-18(23)9-15-12(2)22-17-7-6-13(19)8-16(15)17/h3-8,22H,9-10H2,1-2H3,(H,20,23). The number of benzene rings is 1. The van der Waals surface area contributed by atoms with E-state index in [4.69, 9.17) is 0 Å². The molecule has 2 N–H and O–H groups in total. The highest BCUT2D eigenvalue weighted by atomic mass is 19.1. The Morgan fingerprint density at radius 1 is 1.26 bits per heavy atom. The quantitative estimate of drug-likeness (QED) is 0.777. The number of hydrogen-bond donors (Lipinski definition) is 2. The Balaban J connectivity index is 1.73. The van der Waals surface area contributed by atoms with Crippen LogP contribution in [0.15, 0.2) is 36.4 Å². The number of aromatic amines is 1. The molecule has 0 saturated carbocycles. The molecule has 0 atom stereocenters. The first kappa shape index (κ1) is 15.2. The molecule has 1 amide bonds. The number of pyridine rings is 1. The van der Waals surface area contributed by atoms with Crippen LogP contribution in [0.3, 0.4) is 0 Å². The van der Waals surface area contributed by atoms with E-state index < -0.39 is 0 Å². The molecule has 2 aromatic heterocycles. The summed E-state index contributed by atoms with van der Waals surface area (Å²) in [4.78, 5) is 19.7. The second-order valence-electron chi connectivity index (χ2n) is 5.64. The van der Waals surface area contributed by atoms with Gasteiger partial charge in [0.1, 0.15) is 5.82 Å². The molecule has 0 spiro atoms. The van der Waals surface area contributed by atoms with Gasteiger partial charge in [-0.05, 0) is 49.7 Å². The van der Waals surface area contributed by atoms with E-state index in [0.717, 1.165) is 33.5 Å². The molecule has 3 aromatic rings. The number of nitrogens with one attached hydrogen (secondary N) is 2. The van der Waals surface area contributed by atoms with Crippen molar-refractivity contribution < 1.29 is 9.18 Å². The Kier molecular flexibility index (Phi) is 4.10. The molecule has 3 rings (SSSR count). The Bertz CT molecular complexity index is 870. The summed E-state index contributed by atoms with van der Waals surface area (Å²) < 4.78 is 13.4. The summed E-state index contributed by atoms with van der Waals surface area (Å²) in [6.45, 7) is 4.19. The molecule has 2 heterocycles. The summed E-state index contributed by atoms with van der Waals surface area (Å²) in [6.07, 6.45) is 0.209. The fourth-order valence-corrected chi connectivity index (χ4v) is 2.69. The summed E-state index contributed by atoms with van der Waals surface area (Å²) in [6, 6.07) is 10.3. The van der Waals surface area contributed by atoms with Crippen molar-refractivity contribution in [1.82, 2.24) is 15.3 Å². The zero-order valence-corrected chi connectivity index (χ0v) is 13.1. The molecule has 0 bridgehead atoms. The van der Waals surface area contributed by atoms with Crippen LogP contribution in [0.1, 0.15) is 22.6 Å². The van der Waals surface area contributed by atoms with Crippen LogP contribution in [0.5, 0.6) is 0 Å². The maximum absolute atomic E-state index is 13.4. The van der Waals surface area contributed by atoms with Crippen molar-refractivity contribution in [2.45, 2.75) is 26.8 Å². The largest absolute Gasteiger partial charge is 0.358 e. The van der Waals surface area contributed by atoms with Gasteiger partial charge in [-0.15, -0.1) is 0 Å². The van der Waals surface area contributed by atoms with E-state index in [-0.39, 0.29) is 18.1 Å². The Morgan fingerprint density at radius 2 is 2.09 bits per heavy atom. The molecule has 0 fully saturated rings. The predicted octanol–water partition coefficient (Wildman–Crippen LogP) is 3.18. The lowest BCUT2D eigenvalue weighted by Gasteiger charge is -2.06. The Morgan fingerprint density at radius 3 is 2.87 bits per heavy atom. The molecule has 0 aliphatic rings. The molecule has 0 radical (unpaired) electrons. The van der Waals surface area contributed by atoms with Gasteiger partial charge in [0.25, 0.3) is 0 Å². The molecule has 118 valence electrons. The maximum Gasteiger partial charge on any atom is 0.224 e. The third-order valence-corrected chi connectivity index (χ3v) is 3.83. The molecule has 5 heteroatoms. The van der Waals surface area contributed by atoms with Crippen molar-refractivity contribution in [2.75, 3.05) is 0 Å². The van der Waals surface area contributed by atoms with E-state index in [9.17, 15) is 9.18 Å². The van der Waals surface area contributed by atoms with Gasteiger partial charge in [-0.1, -0.05) is 6.07 Å². The number of halogens is 1. The number of carbonyl (C=O) groups excluding carboxylic acids is 1. The van der Waals surface area contributed by atoms with Crippen molar-refractivity contribution in [3.05, 3.63) is 64.9 Å². The van der Waals surface area contributed by atoms with Crippen LogP contribution in [-0.2, 0) is 17.8 Å². The number of fused-ring (bicyclic) bond motifs is 1. The highest BCUT2D eigenvalue weighted by Gasteiger charge is 2.13. The van der Waals surface area contributed by atoms with Gasteiger partial charge in [-0.3, -0.25) is 9.78 Å². The van der Waals surface area contributed by atoms with Gasteiger partial charge in [0.05, 0.1) is 18.7 Å². The molecular weight excluding hydrogens is 293 g/mol. The second-order valence-corrected chi connectivity index (χ2v) is 5.64. The summed E-state index contributed by atoms with van der Waals surface area (Å²) in [5.41, 5.74) is 4.29. The number of hydrogen-bond acceptors (Lipinski definition) is 2. The van der Waals surface area contributed by atoms with E-state index in [1.165, 1.54) is 12.1 Å². The highest BCUT2D eigenvalue weighted by molar-refractivity contribution is 5.90. The summed E-state index contributed by atoms with van der Waals surface area (Å²) >= 11 is 0. The number of rotatable bonds is 4. The van der Waals surface area contributed by atoms with Gasteiger partial charge < -0.3 is 10.3 Å². The third kappa shape index (κ3) is 3.39. The van der Waals surface area contributed by atoms with Gasteiger partial charge in [0, 0.05) is 22.3 Å². The van der Waals surface area contributed by atoms with E-state index in [1.54, 1.807) is 6.07 Å². The normalized spacial score (nSPS) is 10.9. The van der Waals surface area contributed by atoms with Crippen LogP contribution < -0.4 is 5.32 Å². The molecule has 0 aliphatic heterocycles. The molecule has 0 aliphatic carbocycles. The van der Waals surface area contributed by atoms with Crippen molar-refractivity contribution in [2.24, 2.45) is 0 Å². The van der Waals surface area contributed by atoms with Crippen molar-refractivity contribution >= 4 is 16.8 Å². The van der Waals surface area contributed by atoms with E-state index >= 15 is 0 Å². The smallest absolute Gasteiger partial charge is 0.224 e. The van der Waals surface area contributed by atoms with Crippen LogP contribution in [0, 0.1) is 19.7 Å². The van der Waals surface area contributed by atoms with Gasteiger partial charge in [0.2, 0.25) is 5.91 Å². The topological polar surface area (TPSA) is 57.8 Å². The fraction of sp³-hybridized carbons (Fsp3) is 0.222. The zero-order valence-electron chi connectivity index (χ0n) is 13.1.